The van der Waals surface area contributed by atoms with Crippen LogP contribution in [0.5, 0.6) is 5.75 Å². The lowest BCUT2D eigenvalue weighted by Gasteiger charge is -2.33. The van der Waals surface area contributed by atoms with E-state index in [-0.39, 0.29) is 19.1 Å². The number of carbonyl (C=O) groups is 2. The molecule has 1 aromatic rings. The fraction of sp³-hybridized carbons (Fsp3) is 0.579. The monoisotopic (exact) mass is 346 g/mol. The van der Waals surface area contributed by atoms with Gasteiger partial charge in [0, 0.05) is 0 Å². The smallest absolute Gasteiger partial charge is 0.325 e. The minimum atomic E-state index is -0.923. The van der Waals surface area contributed by atoms with E-state index in [4.69, 9.17) is 4.74 Å². The summed E-state index contributed by atoms with van der Waals surface area (Å²) in [7, 11) is 0. The van der Waals surface area contributed by atoms with E-state index in [1.165, 1.54) is 0 Å². The molecule has 2 fully saturated rings. The number of benzene rings is 1. The average molecular weight is 346 g/mol. The van der Waals surface area contributed by atoms with E-state index < -0.39 is 17.7 Å². The van der Waals surface area contributed by atoms with Crippen LogP contribution in [0.1, 0.15) is 38.2 Å². The van der Waals surface area contributed by atoms with Crippen LogP contribution in [-0.2, 0) is 4.79 Å². The molecule has 1 aromatic carbocycles. The number of hydrogen-bond acceptors (Lipinski definition) is 4. The summed E-state index contributed by atoms with van der Waals surface area (Å²) in [5, 5.41) is 13.1. The Morgan fingerprint density at radius 1 is 1.36 bits per heavy atom. The first-order valence-corrected chi connectivity index (χ1v) is 8.91. The summed E-state index contributed by atoms with van der Waals surface area (Å²) in [5.74, 6) is 1.03. The van der Waals surface area contributed by atoms with Crippen molar-refractivity contribution in [3.8, 4) is 5.75 Å². The number of rotatable bonds is 5. The number of imide groups is 1. The maximum atomic E-state index is 12.7. The van der Waals surface area contributed by atoms with Crippen molar-refractivity contribution in [3.05, 3.63) is 29.8 Å². The van der Waals surface area contributed by atoms with Gasteiger partial charge in [0.25, 0.3) is 5.91 Å². The highest BCUT2D eigenvalue weighted by atomic mass is 16.5. The normalized spacial score (nSPS) is 27.5. The molecule has 136 valence electrons. The lowest BCUT2D eigenvalue weighted by molar-refractivity contribution is -0.133. The van der Waals surface area contributed by atoms with E-state index in [0.717, 1.165) is 23.3 Å². The Balaban J connectivity index is 1.56. The molecule has 6 nitrogen and oxygen atoms in total. The second-order valence-electron chi connectivity index (χ2n) is 7.39. The predicted molar refractivity (Wildman–Crippen MR) is 93.3 cm³/mol. The van der Waals surface area contributed by atoms with Crippen LogP contribution in [0.15, 0.2) is 24.3 Å². The fourth-order valence-electron chi connectivity index (χ4n) is 3.60. The molecule has 3 amide bonds. The number of hydrogen-bond donors (Lipinski definition) is 2. The molecule has 0 bridgehead atoms. The zero-order valence-corrected chi connectivity index (χ0v) is 14.8. The number of urea groups is 1. The molecule has 2 N–H and O–H groups in total. The summed E-state index contributed by atoms with van der Waals surface area (Å²) in [6, 6.07) is 7.11. The van der Waals surface area contributed by atoms with E-state index in [2.05, 4.69) is 12.2 Å². The topological polar surface area (TPSA) is 78.9 Å². The highest BCUT2D eigenvalue weighted by Crippen LogP contribution is 2.36. The second kappa shape index (κ2) is 7.04. The summed E-state index contributed by atoms with van der Waals surface area (Å²) in [6.45, 7) is 4.11. The van der Waals surface area contributed by atoms with Gasteiger partial charge in [-0.25, -0.2) is 4.79 Å². The van der Waals surface area contributed by atoms with Crippen molar-refractivity contribution in [1.29, 1.82) is 0 Å². The number of β-amino-alcohol motifs (C(OH)–C–C–N with tert-alkyl or cyclic N) is 1. The van der Waals surface area contributed by atoms with E-state index in [1.54, 1.807) is 0 Å². The van der Waals surface area contributed by atoms with Gasteiger partial charge >= 0.3 is 6.03 Å². The van der Waals surface area contributed by atoms with Crippen molar-refractivity contribution in [2.75, 3.05) is 13.2 Å². The van der Waals surface area contributed by atoms with Crippen molar-refractivity contribution in [3.63, 3.8) is 0 Å². The molecule has 3 rings (SSSR count). The van der Waals surface area contributed by atoms with Gasteiger partial charge in [0.2, 0.25) is 0 Å². The molecule has 1 atom stereocenters. The summed E-state index contributed by atoms with van der Waals surface area (Å²) in [6.07, 6.45) is 2.28. The van der Waals surface area contributed by atoms with E-state index in [9.17, 15) is 14.7 Å². The Morgan fingerprint density at radius 3 is 2.76 bits per heavy atom. The van der Waals surface area contributed by atoms with Crippen LogP contribution in [-0.4, -0.2) is 46.7 Å². The van der Waals surface area contributed by atoms with Crippen molar-refractivity contribution >= 4 is 11.9 Å². The molecular weight excluding hydrogens is 320 g/mol. The molecule has 1 aliphatic heterocycles. The second-order valence-corrected chi connectivity index (χ2v) is 7.39. The minimum Gasteiger partial charge on any atom is -0.491 e. The van der Waals surface area contributed by atoms with Crippen LogP contribution in [0, 0.1) is 12.8 Å². The molecule has 0 unspecified atom stereocenters. The van der Waals surface area contributed by atoms with Crippen LogP contribution in [0.3, 0.4) is 0 Å². The van der Waals surface area contributed by atoms with Crippen LogP contribution < -0.4 is 10.1 Å². The third-order valence-electron chi connectivity index (χ3n) is 5.20. The molecule has 0 aromatic heterocycles. The van der Waals surface area contributed by atoms with Gasteiger partial charge in [-0.2, -0.15) is 0 Å². The molecule has 1 heterocycles. The first kappa shape index (κ1) is 17.7. The van der Waals surface area contributed by atoms with Crippen molar-refractivity contribution < 1.29 is 19.4 Å². The number of aliphatic hydroxyl groups is 1. The largest absolute Gasteiger partial charge is 0.491 e. The number of aryl methyl sites for hydroxylation is 1. The summed E-state index contributed by atoms with van der Waals surface area (Å²) >= 11 is 0. The lowest BCUT2D eigenvalue weighted by atomic mass is 9.77. The first-order chi connectivity index (χ1) is 11.9. The molecule has 2 aliphatic rings. The molecule has 0 radical (unpaired) electrons. The quantitative estimate of drug-likeness (QED) is 0.802. The molecule has 1 aliphatic carbocycles. The molecule has 1 spiro atoms. The number of ether oxygens (including phenoxy) is 1. The molecule has 1 saturated carbocycles. The van der Waals surface area contributed by atoms with E-state index in [1.807, 2.05) is 31.2 Å². The molecule has 6 heteroatoms. The third kappa shape index (κ3) is 3.79. The SMILES string of the molecule is Cc1cccc(OC[C@H](O)CN2C(=O)NC3(CCC(C)CC3)C2=O)c1. The average Bonchev–Trinajstić information content (AvgIpc) is 2.80. The lowest BCUT2D eigenvalue weighted by Crippen LogP contribution is -2.49. The van der Waals surface area contributed by atoms with Gasteiger partial charge in [0.15, 0.2) is 0 Å². The number of aliphatic hydroxyl groups excluding tert-OH is 1. The van der Waals surface area contributed by atoms with Gasteiger partial charge in [0.1, 0.15) is 24.0 Å². The van der Waals surface area contributed by atoms with Crippen molar-refractivity contribution in [2.24, 2.45) is 5.92 Å². The zero-order valence-electron chi connectivity index (χ0n) is 14.8. The van der Waals surface area contributed by atoms with E-state index >= 15 is 0 Å². The Hall–Kier alpha value is -2.08. The van der Waals surface area contributed by atoms with Gasteiger partial charge in [-0.05, 0) is 56.2 Å². The Morgan fingerprint density at radius 2 is 2.08 bits per heavy atom. The molecular formula is C19H26N2O4. The molecule has 25 heavy (non-hydrogen) atoms. The van der Waals surface area contributed by atoms with Gasteiger partial charge < -0.3 is 15.2 Å². The third-order valence-corrected chi connectivity index (χ3v) is 5.20. The van der Waals surface area contributed by atoms with Crippen molar-refractivity contribution in [1.82, 2.24) is 10.2 Å². The Labute approximate surface area is 148 Å². The van der Waals surface area contributed by atoms with Crippen LogP contribution in [0.25, 0.3) is 0 Å². The number of carbonyl (C=O) groups excluding carboxylic acids is 2. The highest BCUT2D eigenvalue weighted by Gasteiger charge is 2.52. The van der Waals surface area contributed by atoms with Crippen molar-refractivity contribution in [2.45, 2.75) is 51.2 Å². The number of nitrogens with one attached hydrogen (secondary N) is 1. The van der Waals surface area contributed by atoms with Gasteiger partial charge in [0.05, 0.1) is 6.54 Å². The summed E-state index contributed by atoms with van der Waals surface area (Å²) in [5.41, 5.74) is 0.301. The van der Waals surface area contributed by atoms with Crippen LogP contribution in [0.2, 0.25) is 0 Å². The fourth-order valence-corrected chi connectivity index (χ4v) is 3.60. The standard InChI is InChI=1S/C19H26N2O4/c1-13-6-8-19(9-7-13)17(23)21(18(24)20-19)11-15(22)12-25-16-5-3-4-14(2)10-16/h3-5,10,13,15,22H,6-9,11-12H2,1-2H3,(H,20,24)/t13?,15-,19?/m1/s1. The Kier molecular flexibility index (Phi) is 4.99. The maximum Gasteiger partial charge on any atom is 0.325 e. The van der Waals surface area contributed by atoms with Gasteiger partial charge in [-0.3, -0.25) is 9.69 Å². The predicted octanol–water partition coefficient (Wildman–Crippen LogP) is 2.24. The zero-order chi connectivity index (χ0) is 18.0. The minimum absolute atomic E-state index is 0.0323. The summed E-state index contributed by atoms with van der Waals surface area (Å²) in [4.78, 5) is 26.1. The number of amides is 3. The van der Waals surface area contributed by atoms with Crippen LogP contribution >= 0.6 is 0 Å². The van der Waals surface area contributed by atoms with Gasteiger partial charge in [-0.1, -0.05) is 19.1 Å². The highest BCUT2D eigenvalue weighted by molar-refractivity contribution is 6.07. The van der Waals surface area contributed by atoms with Crippen LogP contribution in [0.4, 0.5) is 4.79 Å². The first-order valence-electron chi connectivity index (χ1n) is 8.91. The number of nitrogens with zero attached hydrogens (tertiary/aromatic N) is 1. The molecule has 1 saturated heterocycles. The van der Waals surface area contributed by atoms with E-state index in [0.29, 0.717) is 24.5 Å². The summed E-state index contributed by atoms with van der Waals surface area (Å²) < 4.78 is 5.56. The van der Waals surface area contributed by atoms with Gasteiger partial charge in [-0.15, -0.1) is 0 Å². The Bertz CT molecular complexity index is 653. The maximum absolute atomic E-state index is 12.7.